The molecule has 0 aromatic heterocycles. The van der Waals surface area contributed by atoms with Crippen molar-refractivity contribution in [3.05, 3.63) is 71.8 Å². The summed E-state index contributed by atoms with van der Waals surface area (Å²) in [5.41, 5.74) is 2.37. The van der Waals surface area contributed by atoms with Gasteiger partial charge in [0.05, 0.1) is 13.2 Å². The zero-order valence-electron chi connectivity index (χ0n) is 11.4. The number of ether oxygens (including phenoxy) is 1. The lowest BCUT2D eigenvalue weighted by Crippen LogP contribution is -2.14. The lowest BCUT2D eigenvalue weighted by molar-refractivity contribution is -0.141. The van der Waals surface area contributed by atoms with Gasteiger partial charge in [-0.15, -0.1) is 0 Å². The smallest absolute Gasteiger partial charge is 0.325 e. The van der Waals surface area contributed by atoms with Crippen molar-refractivity contribution in [2.45, 2.75) is 18.6 Å². The highest BCUT2D eigenvalue weighted by Crippen LogP contribution is 2.44. The van der Waals surface area contributed by atoms with Crippen LogP contribution in [0.5, 0.6) is 0 Å². The predicted octanol–water partition coefficient (Wildman–Crippen LogP) is 2.79. The molecule has 0 aliphatic carbocycles. The van der Waals surface area contributed by atoms with E-state index in [4.69, 9.17) is 4.74 Å². The van der Waals surface area contributed by atoms with Gasteiger partial charge in [0.25, 0.3) is 0 Å². The molecule has 0 N–H and O–H groups in total. The maximum Gasteiger partial charge on any atom is 0.325 e. The van der Waals surface area contributed by atoms with Crippen molar-refractivity contribution in [2.75, 3.05) is 7.11 Å². The Morgan fingerprint density at radius 3 is 2.25 bits per heavy atom. The van der Waals surface area contributed by atoms with E-state index in [0.29, 0.717) is 0 Å². The molecule has 3 atom stereocenters. The molecule has 1 aliphatic heterocycles. The number of carbonyl (C=O) groups excluding carboxylic acids is 1. The van der Waals surface area contributed by atoms with Crippen molar-refractivity contribution in [2.24, 2.45) is 0 Å². The first-order chi connectivity index (χ1) is 9.81. The summed E-state index contributed by atoms with van der Waals surface area (Å²) in [4.78, 5) is 14.1. The van der Waals surface area contributed by atoms with Crippen molar-refractivity contribution in [3.63, 3.8) is 0 Å². The molecule has 0 radical (unpaired) electrons. The normalized spacial score (nSPS) is 24.1. The number of nitrogens with zero attached hydrogens (tertiary/aromatic N) is 1. The third-order valence-electron chi connectivity index (χ3n) is 3.72. The quantitative estimate of drug-likeness (QED) is 0.630. The third kappa shape index (κ3) is 2.45. The van der Waals surface area contributed by atoms with Crippen LogP contribution in [0, 0.1) is 0 Å². The summed E-state index contributed by atoms with van der Waals surface area (Å²) >= 11 is 0. The molecule has 0 saturated carbocycles. The maximum absolute atomic E-state index is 11.9. The zero-order valence-corrected chi connectivity index (χ0v) is 11.4. The molecule has 102 valence electrons. The molecule has 3 unspecified atom stereocenters. The number of esters is 1. The second-order valence-electron chi connectivity index (χ2n) is 4.98. The first-order valence-corrected chi connectivity index (χ1v) is 6.73. The van der Waals surface area contributed by atoms with E-state index in [-0.39, 0.29) is 18.1 Å². The topological polar surface area (TPSA) is 29.3 Å². The van der Waals surface area contributed by atoms with E-state index in [2.05, 4.69) is 29.2 Å². The predicted molar refractivity (Wildman–Crippen MR) is 77.0 cm³/mol. The fourth-order valence-corrected chi connectivity index (χ4v) is 2.68. The van der Waals surface area contributed by atoms with Crippen molar-refractivity contribution in [3.8, 4) is 0 Å². The van der Waals surface area contributed by atoms with Crippen LogP contribution in [0.25, 0.3) is 0 Å². The molecule has 2 aromatic carbocycles. The van der Waals surface area contributed by atoms with E-state index in [9.17, 15) is 4.79 Å². The average Bonchev–Trinajstić information content (AvgIpc) is 3.22. The summed E-state index contributed by atoms with van der Waals surface area (Å²) in [6.45, 7) is 0.764. The average molecular weight is 267 g/mol. The van der Waals surface area contributed by atoms with Gasteiger partial charge in [0.15, 0.2) is 0 Å². The molecular weight excluding hydrogens is 250 g/mol. The summed E-state index contributed by atoms with van der Waals surface area (Å²) in [7, 11) is 1.45. The van der Waals surface area contributed by atoms with Gasteiger partial charge in [0.2, 0.25) is 0 Å². The molecule has 20 heavy (non-hydrogen) atoms. The molecule has 2 aromatic rings. The molecule has 0 amide bonds. The van der Waals surface area contributed by atoms with E-state index in [1.54, 1.807) is 0 Å². The summed E-state index contributed by atoms with van der Waals surface area (Å²) in [5, 5.41) is 0. The highest BCUT2D eigenvalue weighted by atomic mass is 16.5. The molecule has 1 heterocycles. The second-order valence-corrected chi connectivity index (χ2v) is 4.98. The Hall–Kier alpha value is -2.13. The number of rotatable bonds is 4. The van der Waals surface area contributed by atoms with Crippen LogP contribution >= 0.6 is 0 Å². The van der Waals surface area contributed by atoms with Gasteiger partial charge in [0, 0.05) is 6.54 Å². The number of hydrogen-bond donors (Lipinski definition) is 0. The number of carbonyl (C=O) groups is 1. The van der Waals surface area contributed by atoms with Crippen molar-refractivity contribution < 1.29 is 9.53 Å². The standard InChI is InChI=1S/C17H17NO2/c1-20-17(19)16-15(14-10-6-3-7-11-14)18(16)12-13-8-4-2-5-9-13/h2-11,15-16H,12H2,1H3. The minimum absolute atomic E-state index is 0.129. The number of hydrogen-bond acceptors (Lipinski definition) is 3. The van der Waals surface area contributed by atoms with E-state index in [0.717, 1.165) is 6.54 Å². The fraction of sp³-hybridized carbons (Fsp3) is 0.235. The molecule has 1 aliphatic rings. The van der Waals surface area contributed by atoms with Gasteiger partial charge < -0.3 is 4.74 Å². The van der Waals surface area contributed by atoms with Crippen LogP contribution in [-0.2, 0) is 16.1 Å². The van der Waals surface area contributed by atoms with Gasteiger partial charge in [-0.05, 0) is 11.1 Å². The molecule has 3 heteroatoms. The van der Waals surface area contributed by atoms with E-state index in [1.165, 1.54) is 18.2 Å². The van der Waals surface area contributed by atoms with Gasteiger partial charge in [-0.2, -0.15) is 0 Å². The first kappa shape index (κ1) is 12.9. The van der Waals surface area contributed by atoms with Crippen molar-refractivity contribution in [1.29, 1.82) is 0 Å². The van der Waals surface area contributed by atoms with Crippen LogP contribution < -0.4 is 0 Å². The number of methoxy groups -OCH3 is 1. The maximum atomic E-state index is 11.9. The SMILES string of the molecule is COC(=O)C1C(c2ccccc2)N1Cc1ccccc1. The molecule has 0 bridgehead atoms. The van der Waals surface area contributed by atoms with E-state index < -0.39 is 0 Å². The Morgan fingerprint density at radius 2 is 1.65 bits per heavy atom. The third-order valence-corrected chi connectivity index (χ3v) is 3.72. The van der Waals surface area contributed by atoms with Gasteiger partial charge in [0.1, 0.15) is 6.04 Å². The molecular formula is C17H17NO2. The Labute approximate surface area is 118 Å². The summed E-state index contributed by atoms with van der Waals surface area (Å²) in [6.07, 6.45) is 0. The van der Waals surface area contributed by atoms with Gasteiger partial charge in [-0.1, -0.05) is 60.7 Å². The Morgan fingerprint density at radius 1 is 1.05 bits per heavy atom. The molecule has 3 nitrogen and oxygen atoms in total. The highest BCUT2D eigenvalue weighted by molar-refractivity contribution is 5.80. The highest BCUT2D eigenvalue weighted by Gasteiger charge is 2.53. The van der Waals surface area contributed by atoms with Crippen LogP contribution in [0.15, 0.2) is 60.7 Å². The molecule has 3 rings (SSSR count). The van der Waals surface area contributed by atoms with E-state index in [1.807, 2.05) is 36.4 Å². The van der Waals surface area contributed by atoms with Gasteiger partial charge in [-0.3, -0.25) is 9.69 Å². The lowest BCUT2D eigenvalue weighted by atomic mass is 10.1. The Kier molecular flexibility index (Phi) is 3.52. The van der Waals surface area contributed by atoms with Crippen molar-refractivity contribution in [1.82, 2.24) is 4.90 Å². The summed E-state index contributed by atoms with van der Waals surface area (Å²) < 4.78 is 4.91. The second kappa shape index (κ2) is 5.47. The van der Waals surface area contributed by atoms with Crippen LogP contribution in [-0.4, -0.2) is 24.0 Å². The summed E-state index contributed by atoms with van der Waals surface area (Å²) in [5.74, 6) is -0.158. The number of benzene rings is 2. The largest absolute Gasteiger partial charge is 0.468 e. The lowest BCUT2D eigenvalue weighted by Gasteiger charge is -2.04. The van der Waals surface area contributed by atoms with Gasteiger partial charge >= 0.3 is 5.97 Å². The summed E-state index contributed by atoms with van der Waals surface area (Å²) in [6, 6.07) is 20.3. The van der Waals surface area contributed by atoms with E-state index >= 15 is 0 Å². The minimum Gasteiger partial charge on any atom is -0.468 e. The van der Waals surface area contributed by atoms with Crippen LogP contribution in [0.1, 0.15) is 17.2 Å². The van der Waals surface area contributed by atoms with Gasteiger partial charge in [-0.25, -0.2) is 0 Å². The molecule has 1 saturated heterocycles. The Bertz CT molecular complexity index is 582. The zero-order chi connectivity index (χ0) is 13.9. The molecule has 0 spiro atoms. The van der Waals surface area contributed by atoms with Crippen LogP contribution in [0.3, 0.4) is 0 Å². The molecule has 1 fully saturated rings. The van der Waals surface area contributed by atoms with Crippen LogP contribution in [0.4, 0.5) is 0 Å². The van der Waals surface area contributed by atoms with Crippen LogP contribution in [0.2, 0.25) is 0 Å². The Balaban J connectivity index is 1.80. The minimum atomic E-state index is -0.164. The monoisotopic (exact) mass is 267 g/mol. The van der Waals surface area contributed by atoms with Crippen molar-refractivity contribution >= 4 is 5.97 Å². The first-order valence-electron chi connectivity index (χ1n) is 6.73. The fourth-order valence-electron chi connectivity index (χ4n) is 2.68.